The Morgan fingerprint density at radius 3 is 2.87 bits per heavy atom. The van der Waals surface area contributed by atoms with Crippen LogP contribution in [0.25, 0.3) is 0 Å². The van der Waals surface area contributed by atoms with Gasteiger partial charge in [0.25, 0.3) is 0 Å². The van der Waals surface area contributed by atoms with Gasteiger partial charge in [-0.25, -0.2) is 0 Å². The molecule has 1 aromatic carbocycles. The molecule has 0 amide bonds. The van der Waals surface area contributed by atoms with E-state index in [1.807, 2.05) is 13.1 Å². The molecular weight excluding hydrogens is 254 g/mol. The van der Waals surface area contributed by atoms with Gasteiger partial charge in [0.2, 0.25) is 0 Å². The molecule has 15 heavy (non-hydrogen) atoms. The molecule has 1 aromatic rings. The first-order valence-corrected chi connectivity index (χ1v) is 5.97. The van der Waals surface area contributed by atoms with E-state index in [1.165, 1.54) is 5.56 Å². The monoisotopic (exact) mass is 269 g/mol. The van der Waals surface area contributed by atoms with Crippen LogP contribution in [0.3, 0.4) is 0 Å². The highest BCUT2D eigenvalue weighted by molar-refractivity contribution is 9.10. The summed E-state index contributed by atoms with van der Waals surface area (Å²) in [5.74, 6) is 0.980. The van der Waals surface area contributed by atoms with Crippen molar-refractivity contribution in [2.45, 2.75) is 31.9 Å². The summed E-state index contributed by atoms with van der Waals surface area (Å²) >= 11 is 3.54. The number of para-hydroxylation sites is 1. The molecule has 1 unspecified atom stereocenters. The minimum Gasteiger partial charge on any atom is -0.486 e. The molecule has 3 heteroatoms. The van der Waals surface area contributed by atoms with Crippen molar-refractivity contribution in [2.24, 2.45) is 0 Å². The molecule has 2 rings (SSSR count). The Bertz CT molecular complexity index is 376. The third-order valence-electron chi connectivity index (χ3n) is 2.80. The number of nitrogens with one attached hydrogen (secondary N) is 1. The van der Waals surface area contributed by atoms with Gasteiger partial charge in [-0.2, -0.15) is 0 Å². The largest absolute Gasteiger partial charge is 0.486 e. The molecule has 0 aliphatic carbocycles. The number of benzene rings is 1. The average Bonchev–Trinajstić information content (AvgIpc) is 2.17. The van der Waals surface area contributed by atoms with Crippen molar-refractivity contribution in [1.29, 1.82) is 0 Å². The number of ether oxygens (including phenoxy) is 1. The van der Waals surface area contributed by atoms with Crippen LogP contribution in [0.15, 0.2) is 22.7 Å². The SMILES string of the molecule is CNC1CC(C)(C)Oc2c(Br)cccc21. The van der Waals surface area contributed by atoms with Crippen LogP contribution in [-0.2, 0) is 0 Å². The van der Waals surface area contributed by atoms with Crippen molar-refractivity contribution in [2.75, 3.05) is 7.05 Å². The molecule has 0 fully saturated rings. The Labute approximate surface area is 99.1 Å². The molecule has 0 saturated heterocycles. The lowest BCUT2D eigenvalue weighted by molar-refractivity contribution is 0.0665. The lowest BCUT2D eigenvalue weighted by Gasteiger charge is -2.38. The summed E-state index contributed by atoms with van der Waals surface area (Å²) in [5.41, 5.74) is 1.14. The summed E-state index contributed by atoms with van der Waals surface area (Å²) in [5, 5.41) is 3.34. The van der Waals surface area contributed by atoms with E-state index in [4.69, 9.17) is 4.74 Å². The molecule has 0 saturated carbocycles. The molecule has 0 radical (unpaired) electrons. The maximum absolute atomic E-state index is 6.00. The van der Waals surface area contributed by atoms with Gasteiger partial charge < -0.3 is 10.1 Å². The number of hydrogen-bond donors (Lipinski definition) is 1. The summed E-state index contributed by atoms with van der Waals surface area (Å²) < 4.78 is 7.03. The minimum absolute atomic E-state index is 0.107. The fourth-order valence-electron chi connectivity index (χ4n) is 2.08. The lowest BCUT2D eigenvalue weighted by Crippen LogP contribution is -2.38. The zero-order valence-corrected chi connectivity index (χ0v) is 10.9. The molecule has 1 N–H and O–H groups in total. The third kappa shape index (κ3) is 2.04. The number of fused-ring (bicyclic) bond motifs is 1. The first-order chi connectivity index (χ1) is 7.03. The van der Waals surface area contributed by atoms with Gasteiger partial charge in [-0.1, -0.05) is 12.1 Å². The number of halogens is 1. The molecule has 0 aromatic heterocycles. The van der Waals surface area contributed by atoms with Gasteiger partial charge in [-0.15, -0.1) is 0 Å². The van der Waals surface area contributed by atoms with Gasteiger partial charge in [0.1, 0.15) is 11.4 Å². The lowest BCUT2D eigenvalue weighted by atomic mass is 9.90. The van der Waals surface area contributed by atoms with Crippen LogP contribution in [0, 0.1) is 0 Å². The van der Waals surface area contributed by atoms with Crippen molar-refractivity contribution in [3.63, 3.8) is 0 Å². The van der Waals surface area contributed by atoms with Crippen LogP contribution in [-0.4, -0.2) is 12.6 Å². The Balaban J connectivity index is 2.49. The van der Waals surface area contributed by atoms with Crippen LogP contribution < -0.4 is 10.1 Å². The van der Waals surface area contributed by atoms with Crippen LogP contribution in [0.1, 0.15) is 31.9 Å². The molecule has 1 heterocycles. The summed E-state index contributed by atoms with van der Waals surface area (Å²) in [4.78, 5) is 0. The van der Waals surface area contributed by atoms with Crippen molar-refractivity contribution in [3.05, 3.63) is 28.2 Å². The predicted octanol–water partition coefficient (Wildman–Crippen LogP) is 3.27. The summed E-state index contributed by atoms with van der Waals surface area (Å²) in [6.45, 7) is 4.25. The molecule has 1 aliphatic heterocycles. The van der Waals surface area contributed by atoms with Crippen LogP contribution in [0.4, 0.5) is 0 Å². The third-order valence-corrected chi connectivity index (χ3v) is 3.42. The van der Waals surface area contributed by atoms with E-state index in [2.05, 4.69) is 47.2 Å². The molecule has 1 atom stereocenters. The van der Waals surface area contributed by atoms with Crippen molar-refractivity contribution in [1.82, 2.24) is 5.32 Å². The first-order valence-electron chi connectivity index (χ1n) is 5.18. The van der Waals surface area contributed by atoms with Gasteiger partial charge in [0, 0.05) is 18.0 Å². The standard InChI is InChI=1S/C12H16BrNO/c1-12(2)7-10(14-3)8-5-4-6-9(13)11(8)15-12/h4-6,10,14H,7H2,1-3H3. The number of rotatable bonds is 1. The van der Waals surface area contributed by atoms with E-state index in [0.29, 0.717) is 6.04 Å². The van der Waals surface area contributed by atoms with Gasteiger partial charge in [0.05, 0.1) is 4.47 Å². The van der Waals surface area contributed by atoms with E-state index in [9.17, 15) is 0 Å². The van der Waals surface area contributed by atoms with Gasteiger partial charge in [-0.05, 0) is 42.9 Å². The Kier molecular flexibility index (Phi) is 2.77. The van der Waals surface area contributed by atoms with Crippen molar-refractivity contribution < 1.29 is 4.74 Å². The highest BCUT2D eigenvalue weighted by atomic mass is 79.9. The molecule has 0 bridgehead atoms. The van der Waals surface area contributed by atoms with E-state index < -0.39 is 0 Å². The van der Waals surface area contributed by atoms with Gasteiger partial charge in [-0.3, -0.25) is 0 Å². The molecular formula is C12H16BrNO. The zero-order chi connectivity index (χ0) is 11.1. The minimum atomic E-state index is -0.107. The van der Waals surface area contributed by atoms with Crippen LogP contribution in [0.2, 0.25) is 0 Å². The second-order valence-corrected chi connectivity index (χ2v) is 5.42. The maximum Gasteiger partial charge on any atom is 0.139 e. The van der Waals surface area contributed by atoms with Crippen molar-refractivity contribution >= 4 is 15.9 Å². The Morgan fingerprint density at radius 2 is 2.20 bits per heavy atom. The maximum atomic E-state index is 6.00. The topological polar surface area (TPSA) is 21.3 Å². The Morgan fingerprint density at radius 1 is 1.47 bits per heavy atom. The predicted molar refractivity (Wildman–Crippen MR) is 65.3 cm³/mol. The highest BCUT2D eigenvalue weighted by Gasteiger charge is 2.33. The van der Waals surface area contributed by atoms with E-state index in [1.54, 1.807) is 0 Å². The molecule has 82 valence electrons. The summed E-state index contributed by atoms with van der Waals surface area (Å²) in [7, 11) is 2.00. The summed E-state index contributed by atoms with van der Waals surface area (Å²) in [6, 6.07) is 6.57. The molecule has 1 aliphatic rings. The van der Waals surface area contributed by atoms with Gasteiger partial charge >= 0.3 is 0 Å². The van der Waals surface area contributed by atoms with E-state index >= 15 is 0 Å². The first kappa shape index (κ1) is 11.0. The molecule has 0 spiro atoms. The second-order valence-electron chi connectivity index (χ2n) is 4.57. The van der Waals surface area contributed by atoms with E-state index in [-0.39, 0.29) is 5.60 Å². The fourth-order valence-corrected chi connectivity index (χ4v) is 2.55. The highest BCUT2D eigenvalue weighted by Crippen LogP contribution is 2.43. The average molecular weight is 270 g/mol. The van der Waals surface area contributed by atoms with Crippen LogP contribution >= 0.6 is 15.9 Å². The van der Waals surface area contributed by atoms with Gasteiger partial charge in [0.15, 0.2) is 0 Å². The normalized spacial score (nSPS) is 23.1. The number of hydrogen-bond acceptors (Lipinski definition) is 2. The van der Waals surface area contributed by atoms with Crippen molar-refractivity contribution in [3.8, 4) is 5.75 Å². The fraction of sp³-hybridized carbons (Fsp3) is 0.500. The quantitative estimate of drug-likeness (QED) is 0.845. The van der Waals surface area contributed by atoms with Crippen LogP contribution in [0.5, 0.6) is 5.75 Å². The zero-order valence-electron chi connectivity index (χ0n) is 9.30. The second kappa shape index (κ2) is 3.80. The Hall–Kier alpha value is -0.540. The molecule has 2 nitrogen and oxygen atoms in total. The van der Waals surface area contributed by atoms with E-state index in [0.717, 1.165) is 16.6 Å². The smallest absolute Gasteiger partial charge is 0.139 e. The summed E-state index contributed by atoms with van der Waals surface area (Å²) in [6.07, 6.45) is 0.993.